The molecule has 0 saturated heterocycles. The fourth-order valence-electron chi connectivity index (χ4n) is 1.70. The maximum Gasteiger partial charge on any atom is 0.422 e. The maximum atomic E-state index is 12.2. The molecule has 0 aromatic carbocycles. The Morgan fingerprint density at radius 1 is 1.19 bits per heavy atom. The second kappa shape index (κ2) is 7.11. The minimum atomic E-state index is -4.35. The fourth-order valence-corrected chi connectivity index (χ4v) is 1.70. The molecule has 0 bridgehead atoms. The van der Waals surface area contributed by atoms with Crippen LogP contribution in [-0.2, 0) is 13.0 Å². The average molecular weight is 304 g/mol. The highest BCUT2D eigenvalue weighted by Crippen LogP contribution is 2.19. The first-order valence-electron chi connectivity index (χ1n) is 7.03. The number of hydrogen-bond acceptors (Lipinski definition) is 3. The molecule has 120 valence electrons. The van der Waals surface area contributed by atoms with Crippen LogP contribution in [0, 0.1) is 0 Å². The Kier molecular flexibility index (Phi) is 6.01. The van der Waals surface area contributed by atoms with Crippen molar-refractivity contribution in [3.63, 3.8) is 0 Å². The zero-order chi connectivity index (χ0) is 16.1. The lowest BCUT2D eigenvalue weighted by atomic mass is 10.1. The zero-order valence-corrected chi connectivity index (χ0v) is 13.0. The van der Waals surface area contributed by atoms with Gasteiger partial charge in [-0.15, -0.1) is 0 Å². The first-order chi connectivity index (χ1) is 9.59. The van der Waals surface area contributed by atoms with Crippen LogP contribution >= 0.6 is 0 Å². The van der Waals surface area contributed by atoms with Crippen LogP contribution in [0.4, 0.5) is 13.2 Å². The number of pyridine rings is 1. The number of hydrogen-bond donors (Lipinski definition) is 1. The summed E-state index contributed by atoms with van der Waals surface area (Å²) in [6.45, 7) is 7.33. The molecule has 21 heavy (non-hydrogen) atoms. The van der Waals surface area contributed by atoms with Crippen molar-refractivity contribution in [2.24, 2.45) is 0 Å². The Hall–Kier alpha value is -1.30. The Morgan fingerprint density at radius 3 is 2.38 bits per heavy atom. The van der Waals surface area contributed by atoms with Crippen molar-refractivity contribution in [3.05, 3.63) is 23.4 Å². The van der Waals surface area contributed by atoms with E-state index in [4.69, 9.17) is 4.74 Å². The SMILES string of the molecule is CCCc1cc(CNC(C)(C)C)cc(OCC(F)(F)F)n1. The summed E-state index contributed by atoms with van der Waals surface area (Å²) in [5.41, 5.74) is 1.56. The third kappa shape index (κ3) is 7.90. The number of alkyl halides is 3. The van der Waals surface area contributed by atoms with E-state index in [1.54, 1.807) is 6.07 Å². The lowest BCUT2D eigenvalue weighted by molar-refractivity contribution is -0.154. The Morgan fingerprint density at radius 2 is 1.86 bits per heavy atom. The molecule has 0 spiro atoms. The molecule has 6 heteroatoms. The van der Waals surface area contributed by atoms with Gasteiger partial charge in [-0.2, -0.15) is 13.2 Å². The summed E-state index contributed by atoms with van der Waals surface area (Å²) in [6, 6.07) is 3.46. The van der Waals surface area contributed by atoms with Gasteiger partial charge in [0.25, 0.3) is 0 Å². The van der Waals surface area contributed by atoms with Crippen LogP contribution in [0.1, 0.15) is 45.4 Å². The van der Waals surface area contributed by atoms with Gasteiger partial charge in [-0.05, 0) is 38.8 Å². The third-order valence-electron chi connectivity index (χ3n) is 2.63. The molecule has 1 heterocycles. The van der Waals surface area contributed by atoms with Crippen LogP contribution in [0.25, 0.3) is 0 Å². The summed E-state index contributed by atoms with van der Waals surface area (Å²) in [5, 5.41) is 3.30. The van der Waals surface area contributed by atoms with Crippen molar-refractivity contribution >= 4 is 0 Å². The van der Waals surface area contributed by atoms with E-state index in [-0.39, 0.29) is 11.4 Å². The van der Waals surface area contributed by atoms with Gasteiger partial charge in [0.15, 0.2) is 6.61 Å². The number of rotatable bonds is 6. The molecule has 0 aliphatic rings. The van der Waals surface area contributed by atoms with Gasteiger partial charge in [0, 0.05) is 23.8 Å². The van der Waals surface area contributed by atoms with Crippen LogP contribution in [0.15, 0.2) is 12.1 Å². The van der Waals surface area contributed by atoms with E-state index < -0.39 is 12.8 Å². The smallest absolute Gasteiger partial charge is 0.422 e. The Balaban J connectivity index is 2.84. The predicted molar refractivity (Wildman–Crippen MR) is 76.4 cm³/mol. The standard InChI is InChI=1S/C15H23F3N2O/c1-5-6-12-7-11(9-19-14(2,3)4)8-13(20-12)21-10-15(16,17)18/h7-8,19H,5-6,9-10H2,1-4H3. The zero-order valence-electron chi connectivity index (χ0n) is 13.0. The molecule has 3 nitrogen and oxygen atoms in total. The Labute approximate surface area is 123 Å². The molecule has 0 aliphatic carbocycles. The van der Waals surface area contributed by atoms with E-state index in [9.17, 15) is 13.2 Å². The van der Waals surface area contributed by atoms with Crippen molar-refractivity contribution in [2.45, 2.75) is 58.8 Å². The molecule has 0 unspecified atom stereocenters. The molecule has 0 amide bonds. The first-order valence-corrected chi connectivity index (χ1v) is 7.03. The highest BCUT2D eigenvalue weighted by atomic mass is 19.4. The monoisotopic (exact) mass is 304 g/mol. The van der Waals surface area contributed by atoms with E-state index in [0.29, 0.717) is 13.0 Å². The summed E-state index contributed by atoms with van der Waals surface area (Å²) in [5.74, 6) is 0.0315. The molecule has 0 atom stereocenters. The fraction of sp³-hybridized carbons (Fsp3) is 0.667. The van der Waals surface area contributed by atoms with Crippen LogP contribution in [-0.4, -0.2) is 23.3 Å². The summed E-state index contributed by atoms with van der Waals surface area (Å²) >= 11 is 0. The maximum absolute atomic E-state index is 12.2. The average Bonchev–Trinajstić information content (AvgIpc) is 2.33. The molecule has 1 aromatic heterocycles. The van der Waals surface area contributed by atoms with Crippen LogP contribution in [0.2, 0.25) is 0 Å². The van der Waals surface area contributed by atoms with E-state index >= 15 is 0 Å². The third-order valence-corrected chi connectivity index (χ3v) is 2.63. The second-order valence-electron chi connectivity index (χ2n) is 6.06. The van der Waals surface area contributed by atoms with E-state index in [2.05, 4.69) is 10.3 Å². The lowest BCUT2D eigenvalue weighted by Crippen LogP contribution is -2.35. The van der Waals surface area contributed by atoms with Gasteiger partial charge in [0.1, 0.15) is 0 Å². The topological polar surface area (TPSA) is 34.1 Å². The van der Waals surface area contributed by atoms with Crippen LogP contribution in [0.5, 0.6) is 5.88 Å². The van der Waals surface area contributed by atoms with Crippen molar-refractivity contribution in [1.82, 2.24) is 10.3 Å². The molecule has 1 rings (SSSR count). The minimum absolute atomic E-state index is 0.0315. The van der Waals surface area contributed by atoms with Crippen molar-refractivity contribution in [3.8, 4) is 5.88 Å². The van der Waals surface area contributed by atoms with Crippen molar-refractivity contribution in [2.75, 3.05) is 6.61 Å². The molecule has 0 saturated carbocycles. The van der Waals surface area contributed by atoms with E-state index in [1.807, 2.05) is 33.8 Å². The van der Waals surface area contributed by atoms with Gasteiger partial charge in [-0.1, -0.05) is 13.3 Å². The van der Waals surface area contributed by atoms with Gasteiger partial charge >= 0.3 is 6.18 Å². The second-order valence-corrected chi connectivity index (χ2v) is 6.06. The number of nitrogens with one attached hydrogen (secondary N) is 1. The van der Waals surface area contributed by atoms with Crippen molar-refractivity contribution in [1.29, 1.82) is 0 Å². The predicted octanol–water partition coefficient (Wildman–Crippen LogP) is 3.86. The summed E-state index contributed by atoms with van der Waals surface area (Å²) in [6.07, 6.45) is -2.76. The minimum Gasteiger partial charge on any atom is -0.468 e. The Bertz CT molecular complexity index is 417. The van der Waals surface area contributed by atoms with Gasteiger partial charge in [-0.25, -0.2) is 4.98 Å². The molecule has 0 fully saturated rings. The summed E-state index contributed by atoms with van der Waals surface area (Å²) < 4.78 is 41.5. The van der Waals surface area contributed by atoms with Crippen LogP contribution < -0.4 is 10.1 Å². The molecular weight excluding hydrogens is 281 g/mol. The highest BCUT2D eigenvalue weighted by molar-refractivity contribution is 5.25. The van der Waals surface area contributed by atoms with Crippen LogP contribution in [0.3, 0.4) is 0 Å². The first kappa shape index (κ1) is 17.8. The normalized spacial score (nSPS) is 12.5. The van der Waals surface area contributed by atoms with E-state index in [1.165, 1.54) is 0 Å². The number of halogens is 3. The van der Waals surface area contributed by atoms with Gasteiger partial charge in [0.2, 0.25) is 5.88 Å². The number of ether oxygens (including phenoxy) is 1. The molecule has 1 N–H and O–H groups in total. The van der Waals surface area contributed by atoms with Gasteiger partial charge < -0.3 is 10.1 Å². The number of nitrogens with zero attached hydrogens (tertiary/aromatic N) is 1. The molecule has 0 aliphatic heterocycles. The molecule has 1 aromatic rings. The summed E-state index contributed by atoms with van der Waals surface area (Å²) in [4.78, 5) is 4.12. The quantitative estimate of drug-likeness (QED) is 0.866. The van der Waals surface area contributed by atoms with Gasteiger partial charge in [-0.3, -0.25) is 0 Å². The van der Waals surface area contributed by atoms with Crippen molar-refractivity contribution < 1.29 is 17.9 Å². The molecule has 0 radical (unpaired) electrons. The largest absolute Gasteiger partial charge is 0.468 e. The summed E-state index contributed by atoms with van der Waals surface area (Å²) in [7, 11) is 0. The molecular formula is C15H23F3N2O. The number of aryl methyl sites for hydroxylation is 1. The lowest BCUT2D eigenvalue weighted by Gasteiger charge is -2.21. The van der Waals surface area contributed by atoms with Gasteiger partial charge in [0.05, 0.1) is 0 Å². The number of aromatic nitrogens is 1. The highest BCUT2D eigenvalue weighted by Gasteiger charge is 2.28. The van der Waals surface area contributed by atoms with E-state index in [0.717, 1.165) is 17.7 Å².